The van der Waals surface area contributed by atoms with Gasteiger partial charge in [0.15, 0.2) is 0 Å². The van der Waals surface area contributed by atoms with Crippen LogP contribution < -0.4 is 10.2 Å². The Kier molecular flexibility index (Phi) is 10.1. The van der Waals surface area contributed by atoms with Crippen molar-refractivity contribution in [3.05, 3.63) is 60.7 Å². The summed E-state index contributed by atoms with van der Waals surface area (Å²) in [7, 11) is 0. The van der Waals surface area contributed by atoms with Crippen LogP contribution in [-0.2, 0) is 0 Å². The number of benzene rings is 2. The summed E-state index contributed by atoms with van der Waals surface area (Å²) < 4.78 is 0. The molecule has 0 aliphatic heterocycles. The van der Waals surface area contributed by atoms with E-state index in [4.69, 9.17) is 0 Å². The molecule has 0 saturated heterocycles. The fourth-order valence-electron chi connectivity index (χ4n) is 0.841. The van der Waals surface area contributed by atoms with Crippen LogP contribution in [0.15, 0.2) is 60.7 Å². The van der Waals surface area contributed by atoms with E-state index in [9.17, 15) is 10.2 Å². The van der Waals surface area contributed by atoms with E-state index in [1.165, 1.54) is 29.5 Å². The van der Waals surface area contributed by atoms with Gasteiger partial charge in [0, 0.05) is 0 Å². The Morgan fingerprint density at radius 1 is 0.765 bits per heavy atom. The van der Waals surface area contributed by atoms with Gasteiger partial charge in [-0.3, -0.25) is 0 Å². The van der Waals surface area contributed by atoms with Crippen molar-refractivity contribution in [1.82, 2.24) is 0 Å². The molecule has 0 N–H and O–H groups in total. The molecule has 0 amide bonds. The van der Waals surface area contributed by atoms with Gasteiger partial charge in [-0.25, -0.2) is 0 Å². The zero-order chi connectivity index (χ0) is 12.9. The van der Waals surface area contributed by atoms with Crippen LogP contribution in [0, 0.1) is 0 Å². The van der Waals surface area contributed by atoms with E-state index in [-0.39, 0.29) is 11.5 Å². The first-order chi connectivity index (χ1) is 8.20. The van der Waals surface area contributed by atoms with Crippen LogP contribution in [0.25, 0.3) is 0 Å². The predicted molar refractivity (Wildman–Crippen MR) is 68.0 cm³/mol. The molecule has 2 nitrogen and oxygen atoms in total. The van der Waals surface area contributed by atoms with Crippen LogP contribution in [0.3, 0.4) is 0 Å². The van der Waals surface area contributed by atoms with Gasteiger partial charge in [-0.15, -0.1) is 11.5 Å². The molecule has 0 fully saturated rings. The van der Waals surface area contributed by atoms with E-state index in [0.717, 1.165) is 0 Å². The molecule has 0 unspecified atom stereocenters. The van der Waals surface area contributed by atoms with Gasteiger partial charge in [0.2, 0.25) is 0 Å². The molecule has 0 bridgehead atoms. The maximum absolute atomic E-state index is 10.3. The van der Waals surface area contributed by atoms with E-state index >= 15 is 0 Å². The van der Waals surface area contributed by atoms with Crippen molar-refractivity contribution < 1.29 is 10.2 Å². The number of rotatable bonds is 0. The quantitative estimate of drug-likeness (QED) is 0.664. The third-order valence-corrected chi connectivity index (χ3v) is 1.49. The van der Waals surface area contributed by atoms with E-state index in [1.54, 1.807) is 24.3 Å². The molecule has 0 aromatic heterocycles. The second-order valence-electron chi connectivity index (χ2n) is 3.03. The molecule has 86 valence electrons. The van der Waals surface area contributed by atoms with E-state index in [1.807, 2.05) is 12.1 Å². The first kappa shape index (κ1) is 15.6. The van der Waals surface area contributed by atoms with E-state index in [2.05, 4.69) is 23.2 Å². The standard InChI is InChI=1S/2C6H6O.C2H5.Al/c2*7-6-4-2-1-3-5-6;1-2;/h2*1-5,7H;1H2,2H3;/q;;;+2/p-2. The third kappa shape index (κ3) is 10.8. The number of hydrogen-bond donors (Lipinski definition) is 0. The van der Waals surface area contributed by atoms with E-state index in [0.29, 0.717) is 0 Å². The molecular formula is C14H15AlO2. The third-order valence-electron chi connectivity index (χ3n) is 1.49. The molecule has 0 aliphatic rings. The van der Waals surface area contributed by atoms with Crippen LogP contribution in [0.2, 0.25) is 5.28 Å². The first-order valence-electron chi connectivity index (χ1n) is 5.34. The van der Waals surface area contributed by atoms with Gasteiger partial charge in [0.05, 0.1) is 0 Å². The Bertz CT molecular complexity index is 325. The number of hydrogen-bond acceptors (Lipinski definition) is 2. The monoisotopic (exact) mass is 242 g/mol. The van der Waals surface area contributed by atoms with Crippen molar-refractivity contribution >= 4 is 16.3 Å². The molecule has 0 aliphatic carbocycles. The summed E-state index contributed by atoms with van der Waals surface area (Å²) in [6, 6.07) is 16.7. The normalized spacial score (nSPS) is 8.18. The minimum absolute atomic E-state index is 0.0718. The summed E-state index contributed by atoms with van der Waals surface area (Å²) in [5.74, 6) is 0.144. The van der Waals surface area contributed by atoms with Crippen molar-refractivity contribution in [1.29, 1.82) is 0 Å². The second-order valence-corrected chi connectivity index (χ2v) is 3.85. The van der Waals surface area contributed by atoms with Crippen LogP contribution in [0.5, 0.6) is 11.5 Å². The summed E-state index contributed by atoms with van der Waals surface area (Å²) >= 11 is 2.58. The van der Waals surface area contributed by atoms with Gasteiger partial charge in [-0.05, 0) is 0 Å². The maximum atomic E-state index is 10.3. The summed E-state index contributed by atoms with van der Waals surface area (Å²) in [5, 5.41) is 21.7. The molecule has 0 radical (unpaired) electrons. The van der Waals surface area contributed by atoms with E-state index < -0.39 is 0 Å². The topological polar surface area (TPSA) is 46.1 Å². The molecule has 2 aromatic rings. The van der Waals surface area contributed by atoms with Gasteiger partial charge < -0.3 is 10.2 Å². The fraction of sp³-hybridized carbons (Fsp3) is 0.143. The zero-order valence-electron chi connectivity index (χ0n) is 9.87. The smallest absolute Gasteiger partial charge is 0.0623 e. The Hall–Kier alpha value is -1.43. The van der Waals surface area contributed by atoms with Gasteiger partial charge in [0.25, 0.3) is 0 Å². The Labute approximate surface area is 111 Å². The average Bonchev–Trinajstić information content (AvgIpc) is 2.33. The average molecular weight is 242 g/mol. The zero-order valence-corrected chi connectivity index (χ0v) is 11.0. The summed E-state index contributed by atoms with van der Waals surface area (Å²) in [5.41, 5.74) is 0. The summed E-state index contributed by atoms with van der Waals surface area (Å²) in [4.78, 5) is 0. The molecule has 2 rings (SSSR count). The molecule has 0 spiro atoms. The van der Waals surface area contributed by atoms with Crippen molar-refractivity contribution in [2.75, 3.05) is 0 Å². The van der Waals surface area contributed by atoms with Gasteiger partial charge in [0.1, 0.15) is 0 Å². The summed E-state index contributed by atoms with van der Waals surface area (Å²) in [6.45, 7) is 2.09. The molecule has 2 aromatic carbocycles. The maximum Gasteiger partial charge on any atom is -0.0623 e. The Balaban J connectivity index is 0.000000247. The van der Waals surface area contributed by atoms with Gasteiger partial charge in [-0.2, -0.15) is 0 Å². The minimum atomic E-state index is 0.0718. The first-order valence-corrected chi connectivity index (χ1v) is 6.16. The largest absolute Gasteiger partial charge is 0.872 e. The predicted octanol–water partition coefficient (Wildman–Crippen LogP) is 2.11. The van der Waals surface area contributed by atoms with Crippen molar-refractivity contribution in [2.24, 2.45) is 0 Å². The minimum Gasteiger partial charge on any atom is -0.872 e. The van der Waals surface area contributed by atoms with Crippen molar-refractivity contribution in [3.63, 3.8) is 0 Å². The molecule has 3 heteroatoms. The number of para-hydroxylation sites is 2. The van der Waals surface area contributed by atoms with Crippen LogP contribution in [-0.4, -0.2) is 16.3 Å². The molecule has 0 saturated carbocycles. The second kappa shape index (κ2) is 11.1. The fourth-order valence-corrected chi connectivity index (χ4v) is 0.841. The van der Waals surface area contributed by atoms with Crippen molar-refractivity contribution in [3.8, 4) is 11.5 Å². The molecule has 0 heterocycles. The molecular weight excluding hydrogens is 227 g/mol. The van der Waals surface area contributed by atoms with Gasteiger partial charge >= 0.3 is 28.5 Å². The van der Waals surface area contributed by atoms with Crippen LogP contribution in [0.4, 0.5) is 0 Å². The van der Waals surface area contributed by atoms with Crippen molar-refractivity contribution in [2.45, 2.75) is 12.2 Å². The summed E-state index contributed by atoms with van der Waals surface area (Å²) in [6.07, 6.45) is 0. The Morgan fingerprint density at radius 2 is 1.00 bits per heavy atom. The van der Waals surface area contributed by atoms with Crippen LogP contribution in [0.1, 0.15) is 6.92 Å². The molecule has 0 atom stereocenters. The van der Waals surface area contributed by atoms with Gasteiger partial charge in [-0.1, -0.05) is 60.7 Å². The SMILES string of the molecule is C[CH2][Al+2].[O-]c1ccccc1.[O-]c1ccccc1. The Morgan fingerprint density at radius 3 is 1.12 bits per heavy atom. The van der Waals surface area contributed by atoms with Crippen LogP contribution >= 0.6 is 0 Å². The molecule has 17 heavy (non-hydrogen) atoms.